The second kappa shape index (κ2) is 10.8. The van der Waals surface area contributed by atoms with Crippen LogP contribution in [-0.2, 0) is 29.5 Å². The number of hydrogen-bond donors (Lipinski definition) is 2. The van der Waals surface area contributed by atoms with Crippen molar-refractivity contribution in [3.8, 4) is 0 Å². The molecule has 0 spiro atoms. The van der Waals surface area contributed by atoms with E-state index in [0.717, 1.165) is 42.7 Å². The largest absolute Gasteiger partial charge is 0.322 e. The molecule has 1 aliphatic rings. The Labute approximate surface area is 224 Å². The van der Waals surface area contributed by atoms with Gasteiger partial charge in [-0.1, -0.05) is 54.6 Å². The Kier molecular flexibility index (Phi) is 7.31. The number of para-hydroxylation sites is 1. The standard InChI is InChI=1S/C31H31N3O3S/c1-22-6-5-7-23(2)30(22)33-38(36,37)29-16-14-28(15-17-29)32-31(35)26-12-10-24(11-13-26)20-34-19-18-25-8-3-4-9-27(25)21-34/h3-17,33H,18-21H2,1-2H3,(H,32,35). The zero-order valence-corrected chi connectivity index (χ0v) is 22.4. The quantitative estimate of drug-likeness (QED) is 0.314. The maximum atomic E-state index is 12.9. The number of nitrogens with one attached hydrogen (secondary N) is 2. The van der Waals surface area contributed by atoms with Gasteiger partial charge in [0.05, 0.1) is 10.6 Å². The normalized spacial score (nSPS) is 13.5. The Morgan fingerprint density at radius 1 is 0.816 bits per heavy atom. The molecule has 5 rings (SSSR count). The number of fused-ring (bicyclic) bond motifs is 1. The maximum Gasteiger partial charge on any atom is 0.261 e. The smallest absolute Gasteiger partial charge is 0.261 e. The molecule has 2 N–H and O–H groups in total. The third kappa shape index (κ3) is 5.79. The zero-order chi connectivity index (χ0) is 26.7. The van der Waals surface area contributed by atoms with E-state index in [-0.39, 0.29) is 10.8 Å². The third-order valence-corrected chi connectivity index (χ3v) is 8.34. The van der Waals surface area contributed by atoms with Gasteiger partial charge in [0.2, 0.25) is 0 Å². The highest BCUT2D eigenvalue weighted by molar-refractivity contribution is 7.92. The van der Waals surface area contributed by atoms with E-state index < -0.39 is 10.0 Å². The molecule has 194 valence electrons. The number of sulfonamides is 1. The van der Waals surface area contributed by atoms with Crippen LogP contribution in [0.2, 0.25) is 0 Å². The van der Waals surface area contributed by atoms with Gasteiger partial charge in [-0.25, -0.2) is 8.42 Å². The van der Waals surface area contributed by atoms with E-state index in [4.69, 9.17) is 0 Å². The van der Waals surface area contributed by atoms with Crippen LogP contribution in [0.15, 0.2) is 95.9 Å². The molecule has 0 unspecified atom stereocenters. The van der Waals surface area contributed by atoms with Crippen molar-refractivity contribution in [3.63, 3.8) is 0 Å². The number of rotatable bonds is 7. The lowest BCUT2D eigenvalue weighted by molar-refractivity contribution is 0.102. The fraction of sp³-hybridized carbons (Fsp3) is 0.194. The molecule has 38 heavy (non-hydrogen) atoms. The maximum absolute atomic E-state index is 12.9. The van der Waals surface area contributed by atoms with Crippen LogP contribution in [0.3, 0.4) is 0 Å². The first-order valence-electron chi connectivity index (χ1n) is 12.7. The molecular weight excluding hydrogens is 494 g/mol. The van der Waals surface area contributed by atoms with Gasteiger partial charge in [0, 0.05) is 30.9 Å². The summed E-state index contributed by atoms with van der Waals surface area (Å²) in [5.41, 5.74) is 7.33. The van der Waals surface area contributed by atoms with Crippen LogP contribution in [0.5, 0.6) is 0 Å². The van der Waals surface area contributed by atoms with Gasteiger partial charge in [-0.15, -0.1) is 0 Å². The van der Waals surface area contributed by atoms with Gasteiger partial charge < -0.3 is 5.32 Å². The molecule has 0 atom stereocenters. The van der Waals surface area contributed by atoms with E-state index in [1.54, 1.807) is 12.1 Å². The summed E-state index contributed by atoms with van der Waals surface area (Å²) in [6.07, 6.45) is 1.05. The van der Waals surface area contributed by atoms with Crippen LogP contribution < -0.4 is 10.0 Å². The molecular formula is C31H31N3O3S. The van der Waals surface area contributed by atoms with E-state index in [2.05, 4.69) is 39.2 Å². The lowest BCUT2D eigenvalue weighted by Gasteiger charge is -2.28. The molecule has 0 saturated heterocycles. The van der Waals surface area contributed by atoms with E-state index >= 15 is 0 Å². The van der Waals surface area contributed by atoms with Crippen LogP contribution in [-0.4, -0.2) is 25.8 Å². The van der Waals surface area contributed by atoms with Gasteiger partial charge in [0.1, 0.15) is 0 Å². The van der Waals surface area contributed by atoms with E-state index in [0.29, 0.717) is 16.9 Å². The average molecular weight is 526 g/mol. The molecule has 0 radical (unpaired) electrons. The summed E-state index contributed by atoms with van der Waals surface area (Å²) < 4.78 is 28.5. The second-order valence-electron chi connectivity index (χ2n) is 9.78. The van der Waals surface area contributed by atoms with Crippen LogP contribution in [0.25, 0.3) is 0 Å². The molecule has 6 nitrogen and oxygen atoms in total. The fourth-order valence-corrected chi connectivity index (χ4v) is 6.00. The first-order valence-corrected chi connectivity index (χ1v) is 14.2. The number of benzene rings is 4. The minimum atomic E-state index is -3.76. The number of aryl methyl sites for hydroxylation is 2. The van der Waals surface area contributed by atoms with Crippen molar-refractivity contribution in [2.75, 3.05) is 16.6 Å². The van der Waals surface area contributed by atoms with Gasteiger partial charge >= 0.3 is 0 Å². The lowest BCUT2D eigenvalue weighted by atomic mass is 9.99. The molecule has 1 aliphatic heterocycles. The Hall–Kier alpha value is -3.94. The second-order valence-corrected chi connectivity index (χ2v) is 11.5. The number of carbonyl (C=O) groups is 1. The minimum Gasteiger partial charge on any atom is -0.322 e. The average Bonchev–Trinajstić information content (AvgIpc) is 2.91. The highest BCUT2D eigenvalue weighted by Gasteiger charge is 2.18. The van der Waals surface area contributed by atoms with E-state index in [1.165, 1.54) is 23.3 Å². The number of anilines is 2. The fourth-order valence-electron chi connectivity index (χ4n) is 4.80. The van der Waals surface area contributed by atoms with Crippen molar-refractivity contribution in [3.05, 3.63) is 124 Å². The van der Waals surface area contributed by atoms with Gasteiger partial charge in [-0.2, -0.15) is 0 Å². The molecule has 0 aliphatic carbocycles. The molecule has 0 fully saturated rings. The number of carbonyl (C=O) groups excluding carboxylic acids is 1. The van der Waals surface area contributed by atoms with Gasteiger partial charge in [-0.3, -0.25) is 14.4 Å². The summed E-state index contributed by atoms with van der Waals surface area (Å²) in [4.78, 5) is 15.3. The highest BCUT2D eigenvalue weighted by Crippen LogP contribution is 2.25. The molecule has 7 heteroatoms. The predicted octanol–water partition coefficient (Wildman–Crippen LogP) is 5.91. The minimum absolute atomic E-state index is 0.128. The highest BCUT2D eigenvalue weighted by atomic mass is 32.2. The van der Waals surface area contributed by atoms with Crippen LogP contribution >= 0.6 is 0 Å². The summed E-state index contributed by atoms with van der Waals surface area (Å²) in [6, 6.07) is 28.0. The lowest BCUT2D eigenvalue weighted by Crippen LogP contribution is -2.29. The number of hydrogen-bond acceptors (Lipinski definition) is 4. The molecule has 4 aromatic rings. The SMILES string of the molecule is Cc1cccc(C)c1NS(=O)(=O)c1ccc(NC(=O)c2ccc(CN3CCc4ccccc4C3)cc2)cc1. The summed E-state index contributed by atoms with van der Waals surface area (Å²) in [5.74, 6) is -0.243. The molecule has 0 aromatic heterocycles. The van der Waals surface area contributed by atoms with Crippen LogP contribution in [0, 0.1) is 13.8 Å². The third-order valence-electron chi connectivity index (χ3n) is 6.97. The van der Waals surface area contributed by atoms with Crippen molar-refractivity contribution >= 4 is 27.3 Å². The Morgan fingerprint density at radius 2 is 1.47 bits per heavy atom. The van der Waals surface area contributed by atoms with Crippen molar-refractivity contribution in [2.24, 2.45) is 0 Å². The van der Waals surface area contributed by atoms with Gasteiger partial charge in [0.15, 0.2) is 0 Å². The van der Waals surface area contributed by atoms with Crippen LogP contribution in [0.4, 0.5) is 11.4 Å². The van der Waals surface area contributed by atoms with Gasteiger partial charge in [0.25, 0.3) is 15.9 Å². The summed E-state index contributed by atoms with van der Waals surface area (Å²) in [7, 11) is -3.76. The topological polar surface area (TPSA) is 78.5 Å². The summed E-state index contributed by atoms with van der Waals surface area (Å²) in [5, 5.41) is 2.85. The van der Waals surface area contributed by atoms with Crippen molar-refractivity contribution in [1.29, 1.82) is 0 Å². The number of nitrogens with zero attached hydrogens (tertiary/aromatic N) is 1. The van der Waals surface area contributed by atoms with Crippen LogP contribution in [0.1, 0.15) is 38.2 Å². The summed E-state index contributed by atoms with van der Waals surface area (Å²) in [6.45, 7) is 6.52. The Bertz CT molecular complexity index is 1540. The van der Waals surface area contributed by atoms with E-state index in [1.807, 2.05) is 56.3 Å². The van der Waals surface area contributed by atoms with Crippen molar-refractivity contribution < 1.29 is 13.2 Å². The Balaban J connectivity index is 1.19. The van der Waals surface area contributed by atoms with E-state index in [9.17, 15) is 13.2 Å². The molecule has 4 aromatic carbocycles. The molecule has 0 bridgehead atoms. The van der Waals surface area contributed by atoms with Crippen molar-refractivity contribution in [2.45, 2.75) is 38.3 Å². The zero-order valence-electron chi connectivity index (χ0n) is 21.6. The first-order chi connectivity index (χ1) is 18.3. The predicted molar refractivity (Wildman–Crippen MR) is 152 cm³/mol. The van der Waals surface area contributed by atoms with Gasteiger partial charge in [-0.05, 0) is 84.5 Å². The Morgan fingerprint density at radius 3 is 2.16 bits per heavy atom. The van der Waals surface area contributed by atoms with Crippen molar-refractivity contribution in [1.82, 2.24) is 4.90 Å². The first kappa shape index (κ1) is 25.7. The molecule has 1 amide bonds. The number of amides is 1. The summed E-state index contributed by atoms with van der Waals surface area (Å²) >= 11 is 0. The molecule has 1 heterocycles. The molecule has 0 saturated carbocycles. The monoisotopic (exact) mass is 525 g/mol.